The van der Waals surface area contributed by atoms with E-state index >= 15 is 0 Å². The van der Waals surface area contributed by atoms with Gasteiger partial charge in [-0.2, -0.15) is 0 Å². The zero-order valence-electron chi connectivity index (χ0n) is 18.9. The van der Waals surface area contributed by atoms with Gasteiger partial charge in [0.15, 0.2) is 22.5 Å². The Morgan fingerprint density at radius 1 is 0.972 bits per heavy atom. The van der Waals surface area contributed by atoms with E-state index in [0.717, 1.165) is 0 Å². The molecule has 4 heterocycles. The molecule has 0 saturated carbocycles. The van der Waals surface area contributed by atoms with Crippen LogP contribution in [0.3, 0.4) is 0 Å². The van der Waals surface area contributed by atoms with Crippen molar-refractivity contribution in [2.75, 3.05) is 18.7 Å². The maximum atomic E-state index is 14.1. The van der Waals surface area contributed by atoms with Crippen molar-refractivity contribution >= 4 is 40.1 Å². The summed E-state index contributed by atoms with van der Waals surface area (Å²) in [5, 5.41) is 0.554. The van der Waals surface area contributed by atoms with Crippen LogP contribution in [0.2, 0.25) is 5.02 Å². The van der Waals surface area contributed by atoms with Crippen LogP contribution in [0, 0.1) is 0 Å². The number of amides is 2. The zero-order chi connectivity index (χ0) is 24.8. The number of fused-ring (bicyclic) bond motifs is 6. The van der Waals surface area contributed by atoms with Gasteiger partial charge in [-0.05, 0) is 42.0 Å². The first-order valence-electron chi connectivity index (χ1n) is 11.3. The summed E-state index contributed by atoms with van der Waals surface area (Å²) in [4.78, 5) is 45.0. The van der Waals surface area contributed by atoms with Crippen LogP contribution in [0.5, 0.6) is 11.5 Å². The topological polar surface area (TPSA) is 89.3 Å². The van der Waals surface area contributed by atoms with Crippen molar-refractivity contribution < 1.29 is 23.5 Å². The lowest BCUT2D eigenvalue weighted by molar-refractivity contribution is -0.126. The van der Waals surface area contributed by atoms with E-state index in [0.29, 0.717) is 33.3 Å². The highest BCUT2D eigenvalue weighted by Gasteiger charge is 2.64. The monoisotopic (exact) mass is 500 g/mol. The SMILES string of the molecule is CN1C(=O)C2(c3ccccc31)c1c(oc3ccc(Cl)cc3c1=O)C(=O)N2Cc1ccc2c(c1)OCO2. The largest absolute Gasteiger partial charge is 0.454 e. The second-order valence-corrected chi connectivity index (χ2v) is 9.38. The number of rotatable bonds is 2. The van der Waals surface area contributed by atoms with Crippen molar-refractivity contribution in [1.29, 1.82) is 0 Å². The summed E-state index contributed by atoms with van der Waals surface area (Å²) in [6.45, 7) is 0.144. The first-order chi connectivity index (χ1) is 17.4. The molecule has 3 aromatic carbocycles. The molecule has 7 rings (SSSR count). The predicted molar refractivity (Wildman–Crippen MR) is 131 cm³/mol. The smallest absolute Gasteiger partial charge is 0.291 e. The second-order valence-electron chi connectivity index (χ2n) is 8.95. The van der Waals surface area contributed by atoms with E-state index in [-0.39, 0.29) is 35.6 Å². The van der Waals surface area contributed by atoms with Crippen LogP contribution in [0.15, 0.2) is 69.9 Å². The molecule has 36 heavy (non-hydrogen) atoms. The summed E-state index contributed by atoms with van der Waals surface area (Å²) in [5.41, 5.74) is -0.0593. The van der Waals surface area contributed by atoms with Crippen LogP contribution >= 0.6 is 11.6 Å². The van der Waals surface area contributed by atoms with Gasteiger partial charge in [0.1, 0.15) is 5.58 Å². The van der Waals surface area contributed by atoms with E-state index in [2.05, 4.69) is 0 Å². The van der Waals surface area contributed by atoms with Crippen molar-refractivity contribution in [2.45, 2.75) is 12.1 Å². The van der Waals surface area contributed by atoms with Crippen LogP contribution in [-0.2, 0) is 16.9 Å². The molecule has 178 valence electrons. The highest BCUT2D eigenvalue weighted by Crippen LogP contribution is 2.52. The maximum absolute atomic E-state index is 14.1. The third-order valence-corrected chi connectivity index (χ3v) is 7.34. The van der Waals surface area contributed by atoms with Crippen LogP contribution < -0.4 is 19.8 Å². The summed E-state index contributed by atoms with van der Waals surface area (Å²) in [5.74, 6) is 0.0522. The molecule has 0 bridgehead atoms. The predicted octanol–water partition coefficient (Wildman–Crippen LogP) is 4.05. The van der Waals surface area contributed by atoms with Gasteiger partial charge in [-0.15, -0.1) is 0 Å². The fourth-order valence-corrected chi connectivity index (χ4v) is 5.68. The molecule has 1 unspecified atom stereocenters. The van der Waals surface area contributed by atoms with E-state index in [4.69, 9.17) is 25.5 Å². The van der Waals surface area contributed by atoms with Crippen LogP contribution in [0.4, 0.5) is 5.69 Å². The van der Waals surface area contributed by atoms with E-state index in [1.54, 1.807) is 55.6 Å². The number of carbonyl (C=O) groups is 2. The molecule has 9 heteroatoms. The van der Waals surface area contributed by atoms with E-state index < -0.39 is 22.8 Å². The van der Waals surface area contributed by atoms with Gasteiger partial charge in [-0.3, -0.25) is 14.4 Å². The minimum absolute atomic E-state index is 0.00445. The van der Waals surface area contributed by atoms with Crippen molar-refractivity contribution in [3.8, 4) is 11.5 Å². The molecular formula is C27H17ClN2O6. The average molecular weight is 501 g/mol. The molecule has 2 amide bonds. The number of carbonyl (C=O) groups excluding carboxylic acids is 2. The number of nitrogens with zero attached hydrogens (tertiary/aromatic N) is 2. The standard InChI is InChI=1S/C27H17ClN2O6/c1-29-18-5-3-2-4-17(18)27(26(29)33)22-23(31)16-11-15(28)7-9-19(16)36-24(22)25(32)30(27)12-14-6-8-20-21(10-14)35-13-34-20/h2-11H,12-13H2,1H3. The van der Waals surface area contributed by atoms with Gasteiger partial charge in [-0.1, -0.05) is 35.9 Å². The Balaban J connectivity index is 1.53. The molecule has 0 saturated heterocycles. The highest BCUT2D eigenvalue weighted by atomic mass is 35.5. The summed E-state index contributed by atoms with van der Waals surface area (Å²) >= 11 is 6.18. The summed E-state index contributed by atoms with van der Waals surface area (Å²) < 4.78 is 16.9. The molecule has 8 nitrogen and oxygen atoms in total. The third-order valence-electron chi connectivity index (χ3n) is 7.11. The van der Waals surface area contributed by atoms with Crippen LogP contribution in [0.25, 0.3) is 11.0 Å². The molecule has 0 radical (unpaired) electrons. The second kappa shape index (κ2) is 7.11. The summed E-state index contributed by atoms with van der Waals surface area (Å²) in [7, 11) is 1.64. The highest BCUT2D eigenvalue weighted by molar-refractivity contribution is 6.31. The van der Waals surface area contributed by atoms with E-state index in [1.165, 1.54) is 15.9 Å². The number of anilines is 1. The van der Waals surface area contributed by atoms with Crippen LogP contribution in [0.1, 0.15) is 27.2 Å². The van der Waals surface area contributed by atoms with E-state index in [9.17, 15) is 14.4 Å². The minimum atomic E-state index is -1.69. The Kier molecular flexibility index (Phi) is 4.15. The van der Waals surface area contributed by atoms with Gasteiger partial charge in [0.25, 0.3) is 11.8 Å². The van der Waals surface area contributed by atoms with Crippen molar-refractivity contribution in [1.82, 2.24) is 4.90 Å². The number of halogens is 1. The minimum Gasteiger partial charge on any atom is -0.454 e. The van der Waals surface area contributed by atoms with Crippen molar-refractivity contribution in [2.24, 2.45) is 0 Å². The number of hydrogen-bond acceptors (Lipinski definition) is 6. The molecular weight excluding hydrogens is 484 g/mol. The van der Waals surface area contributed by atoms with Gasteiger partial charge in [0.2, 0.25) is 12.6 Å². The Labute approximate surface area is 209 Å². The number of ether oxygens (including phenoxy) is 2. The van der Waals surface area contributed by atoms with Gasteiger partial charge in [0, 0.05) is 29.9 Å². The van der Waals surface area contributed by atoms with Gasteiger partial charge in [0.05, 0.1) is 10.9 Å². The Hall–Kier alpha value is -4.30. The number of para-hydroxylation sites is 1. The van der Waals surface area contributed by atoms with Gasteiger partial charge < -0.3 is 23.7 Å². The fourth-order valence-electron chi connectivity index (χ4n) is 5.51. The van der Waals surface area contributed by atoms with E-state index in [1.807, 2.05) is 6.07 Å². The van der Waals surface area contributed by atoms with Gasteiger partial charge >= 0.3 is 0 Å². The van der Waals surface area contributed by atoms with Crippen molar-refractivity contribution in [3.63, 3.8) is 0 Å². The average Bonchev–Trinajstić information content (AvgIpc) is 3.51. The lowest BCUT2D eigenvalue weighted by Gasteiger charge is -2.34. The van der Waals surface area contributed by atoms with Crippen molar-refractivity contribution in [3.05, 3.63) is 98.4 Å². The maximum Gasteiger partial charge on any atom is 0.291 e. The number of hydrogen-bond donors (Lipinski definition) is 0. The molecule has 1 spiro atoms. The first kappa shape index (κ1) is 21.0. The molecule has 0 aliphatic carbocycles. The zero-order valence-corrected chi connectivity index (χ0v) is 19.7. The number of likely N-dealkylation sites (N-methyl/N-ethyl adjacent to an activating group) is 1. The number of benzene rings is 3. The Bertz CT molecular complexity index is 1710. The fraction of sp³-hybridized carbons (Fsp3) is 0.148. The molecule has 0 N–H and O–H groups in total. The normalized spacial score (nSPS) is 19.5. The first-order valence-corrected chi connectivity index (χ1v) is 11.6. The molecule has 1 aromatic heterocycles. The van der Waals surface area contributed by atoms with Gasteiger partial charge in [-0.25, -0.2) is 0 Å². The molecule has 0 fully saturated rings. The Morgan fingerprint density at radius 3 is 2.64 bits per heavy atom. The van der Waals surface area contributed by atoms with Crippen LogP contribution in [-0.4, -0.2) is 30.6 Å². The lowest BCUT2D eigenvalue weighted by atomic mass is 9.83. The summed E-state index contributed by atoms with van der Waals surface area (Å²) in [6.07, 6.45) is 0. The third kappa shape index (κ3) is 2.51. The lowest BCUT2D eigenvalue weighted by Crippen LogP contribution is -2.52. The molecule has 4 aromatic rings. The quantitative estimate of drug-likeness (QED) is 0.412. The molecule has 1 atom stereocenters. The molecule has 3 aliphatic heterocycles. The molecule has 3 aliphatic rings. The Morgan fingerprint density at radius 2 is 1.78 bits per heavy atom. The summed E-state index contributed by atoms with van der Waals surface area (Å²) in [6, 6.07) is 17.1.